The summed E-state index contributed by atoms with van der Waals surface area (Å²) in [4.78, 5) is 4.64. The van der Waals surface area contributed by atoms with E-state index in [0.717, 1.165) is 39.1 Å². The highest BCUT2D eigenvalue weighted by atomic mass is 31.2. The van der Waals surface area contributed by atoms with Gasteiger partial charge in [-0.3, -0.25) is 4.98 Å². The molecule has 3 heterocycles. The molecule has 0 amide bonds. The fourth-order valence-electron chi connectivity index (χ4n) is 5.91. The van der Waals surface area contributed by atoms with Gasteiger partial charge >= 0.3 is 0 Å². The van der Waals surface area contributed by atoms with Crippen molar-refractivity contribution in [1.82, 2.24) is 4.98 Å². The summed E-state index contributed by atoms with van der Waals surface area (Å²) in [6.07, 6.45) is 1.78. The molecule has 196 valence electrons. The molecule has 0 unspecified atom stereocenters. The number of fused-ring (bicyclic) bond motifs is 4. The number of aromatic nitrogens is 1. The van der Waals surface area contributed by atoms with E-state index in [1.807, 2.05) is 104 Å². The molecule has 5 aromatic carbocycles. The molecule has 2 aliphatic heterocycles. The fraction of sp³-hybridized carbons (Fsp3) is 0.0278. The third-order valence-corrected chi connectivity index (χ3v) is 11.1. The number of nitrogens with zero attached hydrogens (tertiary/aromatic N) is 1. The summed E-state index contributed by atoms with van der Waals surface area (Å²) in [5.74, 6) is 2.29. The quantitative estimate of drug-likeness (QED) is 0.208. The minimum Gasteiger partial charge on any atom is -0.456 e. The molecule has 41 heavy (non-hydrogen) atoms. The smallest absolute Gasteiger partial charge is 0.185 e. The number of benzene rings is 5. The van der Waals surface area contributed by atoms with Crippen molar-refractivity contribution in [2.24, 2.45) is 0 Å². The summed E-state index contributed by atoms with van der Waals surface area (Å²) < 4.78 is 28.7. The maximum absolute atomic E-state index is 15.6. The molecule has 5 heteroatoms. The van der Waals surface area contributed by atoms with E-state index < -0.39 is 7.14 Å². The van der Waals surface area contributed by atoms with Crippen molar-refractivity contribution in [3.8, 4) is 56.5 Å². The van der Waals surface area contributed by atoms with Crippen molar-refractivity contribution in [2.75, 3.05) is 0 Å². The molecule has 0 N–H and O–H groups in total. The molecule has 2 aliphatic rings. The second-order valence-corrected chi connectivity index (χ2v) is 13.0. The topological polar surface area (TPSA) is 48.4 Å². The number of hydrogen-bond donors (Lipinski definition) is 0. The zero-order chi connectivity index (χ0) is 27.6. The third kappa shape index (κ3) is 3.68. The summed E-state index contributed by atoms with van der Waals surface area (Å²) >= 11 is 0. The van der Waals surface area contributed by atoms with E-state index >= 15 is 4.57 Å². The molecule has 0 aliphatic carbocycles. The Morgan fingerprint density at radius 2 is 1.05 bits per heavy atom. The van der Waals surface area contributed by atoms with Crippen molar-refractivity contribution in [2.45, 2.75) is 6.92 Å². The maximum Gasteiger partial charge on any atom is 0.185 e. The first-order valence-electron chi connectivity index (χ1n) is 13.6. The summed E-state index contributed by atoms with van der Waals surface area (Å²) in [7, 11) is -3.33. The van der Waals surface area contributed by atoms with Crippen LogP contribution in [0.5, 0.6) is 23.0 Å². The molecular weight excluding hydrogens is 525 g/mol. The van der Waals surface area contributed by atoms with Gasteiger partial charge in [0.25, 0.3) is 0 Å². The van der Waals surface area contributed by atoms with Gasteiger partial charge in [-0.25, -0.2) is 0 Å². The van der Waals surface area contributed by atoms with E-state index in [4.69, 9.17) is 9.47 Å². The van der Waals surface area contributed by atoms with Crippen molar-refractivity contribution in [3.05, 3.63) is 133 Å². The van der Waals surface area contributed by atoms with Crippen LogP contribution in [0.3, 0.4) is 0 Å². The molecule has 4 nitrogen and oxygen atoms in total. The molecular formula is C36H24NO3P. The SMILES string of the molecule is Cc1cccnc1-c1cc2c3c(c1)Oc1cc(-c4ccccc4)ccc1P3(=O)c1ccc(-c3ccccc3)cc1O2. The Balaban J connectivity index is 1.38. The first-order chi connectivity index (χ1) is 20.1. The van der Waals surface area contributed by atoms with Crippen LogP contribution in [0, 0.1) is 6.92 Å². The Labute approximate surface area is 238 Å². The predicted octanol–water partition coefficient (Wildman–Crippen LogP) is 8.24. The van der Waals surface area contributed by atoms with Gasteiger partial charge in [-0.05, 0) is 77.2 Å². The van der Waals surface area contributed by atoms with Gasteiger partial charge < -0.3 is 14.0 Å². The van der Waals surface area contributed by atoms with Crippen molar-refractivity contribution < 1.29 is 14.0 Å². The number of aryl methyl sites for hydroxylation is 1. The van der Waals surface area contributed by atoms with Gasteiger partial charge in [0.05, 0.1) is 16.3 Å². The zero-order valence-electron chi connectivity index (χ0n) is 22.2. The van der Waals surface area contributed by atoms with Crippen molar-refractivity contribution in [1.29, 1.82) is 0 Å². The van der Waals surface area contributed by atoms with Gasteiger partial charge in [-0.1, -0.05) is 78.9 Å². The Hall–Kier alpha value is -4.92. The highest BCUT2D eigenvalue weighted by molar-refractivity contribution is 7.86. The van der Waals surface area contributed by atoms with E-state index in [1.54, 1.807) is 6.20 Å². The maximum atomic E-state index is 15.6. The Bertz CT molecular complexity index is 1920. The third-order valence-electron chi connectivity index (χ3n) is 7.89. The van der Waals surface area contributed by atoms with Crippen LogP contribution in [0.15, 0.2) is 128 Å². The molecule has 0 bridgehead atoms. The average Bonchev–Trinajstić information content (AvgIpc) is 3.01. The van der Waals surface area contributed by atoms with Crippen LogP contribution in [0.1, 0.15) is 5.56 Å². The lowest BCUT2D eigenvalue weighted by molar-refractivity contribution is 0.462. The van der Waals surface area contributed by atoms with Crippen LogP contribution >= 0.6 is 7.14 Å². The largest absolute Gasteiger partial charge is 0.456 e. The number of pyridine rings is 1. The molecule has 0 atom stereocenters. The zero-order valence-corrected chi connectivity index (χ0v) is 23.1. The monoisotopic (exact) mass is 549 g/mol. The van der Waals surface area contributed by atoms with Gasteiger partial charge in [0.15, 0.2) is 7.14 Å². The molecule has 0 saturated heterocycles. The minimum absolute atomic E-state index is 0.543. The Morgan fingerprint density at radius 3 is 1.56 bits per heavy atom. The summed E-state index contributed by atoms with van der Waals surface area (Å²) in [6, 6.07) is 40.1. The van der Waals surface area contributed by atoms with Gasteiger partial charge in [0.2, 0.25) is 0 Å². The molecule has 0 spiro atoms. The Morgan fingerprint density at radius 1 is 0.537 bits per heavy atom. The first kappa shape index (κ1) is 23.9. The number of rotatable bonds is 3. The van der Waals surface area contributed by atoms with Crippen LogP contribution < -0.4 is 25.4 Å². The lowest BCUT2D eigenvalue weighted by Gasteiger charge is -2.35. The number of ether oxygens (including phenoxy) is 2. The first-order valence-corrected chi connectivity index (χ1v) is 15.3. The van der Waals surface area contributed by atoms with E-state index in [0.29, 0.717) is 38.9 Å². The van der Waals surface area contributed by atoms with Crippen LogP contribution in [0.4, 0.5) is 0 Å². The molecule has 1 aromatic heterocycles. The van der Waals surface area contributed by atoms with Crippen LogP contribution in [0.2, 0.25) is 0 Å². The number of hydrogen-bond acceptors (Lipinski definition) is 4. The van der Waals surface area contributed by atoms with Gasteiger partial charge in [-0.15, -0.1) is 0 Å². The van der Waals surface area contributed by atoms with Gasteiger partial charge in [0.1, 0.15) is 28.3 Å². The highest BCUT2D eigenvalue weighted by Crippen LogP contribution is 2.59. The lowest BCUT2D eigenvalue weighted by atomic mass is 10.0. The van der Waals surface area contributed by atoms with Crippen molar-refractivity contribution in [3.63, 3.8) is 0 Å². The predicted molar refractivity (Wildman–Crippen MR) is 165 cm³/mol. The van der Waals surface area contributed by atoms with Gasteiger partial charge in [0, 0.05) is 11.8 Å². The van der Waals surface area contributed by atoms with E-state index in [1.165, 1.54) is 0 Å². The highest BCUT2D eigenvalue weighted by Gasteiger charge is 2.46. The molecule has 0 fully saturated rings. The second-order valence-electron chi connectivity index (χ2n) is 10.4. The van der Waals surface area contributed by atoms with E-state index in [2.05, 4.69) is 29.2 Å². The van der Waals surface area contributed by atoms with Gasteiger partial charge in [-0.2, -0.15) is 0 Å². The second kappa shape index (κ2) is 9.05. The molecule has 6 aromatic rings. The van der Waals surface area contributed by atoms with Crippen LogP contribution in [-0.2, 0) is 4.57 Å². The summed E-state index contributed by atoms with van der Waals surface area (Å²) in [5, 5.41) is 1.98. The van der Waals surface area contributed by atoms with Crippen LogP contribution in [-0.4, -0.2) is 4.98 Å². The Kier molecular flexibility index (Phi) is 5.28. The van der Waals surface area contributed by atoms with E-state index in [9.17, 15) is 0 Å². The van der Waals surface area contributed by atoms with Crippen LogP contribution in [0.25, 0.3) is 33.5 Å². The summed E-state index contributed by atoms with van der Waals surface area (Å²) in [6.45, 7) is 2.03. The molecule has 8 rings (SSSR count). The fourth-order valence-corrected chi connectivity index (χ4v) is 8.91. The summed E-state index contributed by atoms with van der Waals surface area (Å²) in [5.41, 5.74) is 6.87. The van der Waals surface area contributed by atoms with Crippen molar-refractivity contribution >= 4 is 23.1 Å². The van der Waals surface area contributed by atoms with E-state index in [-0.39, 0.29) is 0 Å². The minimum atomic E-state index is -3.33. The lowest BCUT2D eigenvalue weighted by Crippen LogP contribution is -2.35. The normalized spacial score (nSPS) is 13.7. The molecule has 0 radical (unpaired) electrons. The molecule has 0 saturated carbocycles. The standard InChI is InChI=1S/C36H24NO3P/c1-23-9-8-18-37-35(23)28-21-31-36-32(22-28)40-30-20-27(25-12-6-3-7-13-25)15-17-34(30)41(36,38)33-16-14-26(19-29(33)39-31)24-10-4-2-5-11-24/h2-22H,1H3. The average molecular weight is 550 g/mol.